The molecule has 2 aromatic carbocycles. The van der Waals surface area contributed by atoms with Crippen LogP contribution in [0.25, 0.3) is 0 Å². The molecule has 9 atom stereocenters. The van der Waals surface area contributed by atoms with Crippen LogP contribution >= 0.6 is 0 Å². The van der Waals surface area contributed by atoms with E-state index < -0.39 is 20.2 Å². The summed E-state index contributed by atoms with van der Waals surface area (Å²) in [4.78, 5) is -0.0401. The highest BCUT2D eigenvalue weighted by atomic mass is 32.2. The minimum Gasteiger partial charge on any atom is -0.744 e. The first kappa shape index (κ1) is 29.1. The summed E-state index contributed by atoms with van der Waals surface area (Å²) < 4.78 is 90.8. The van der Waals surface area contributed by atoms with Crippen LogP contribution in [0, 0.1) is 0 Å². The van der Waals surface area contributed by atoms with E-state index in [1.807, 2.05) is 0 Å². The summed E-state index contributed by atoms with van der Waals surface area (Å²) in [5.41, 5.74) is 3.62. The van der Waals surface area contributed by atoms with E-state index in [1.165, 1.54) is 12.1 Å². The highest BCUT2D eigenvalue weighted by molar-refractivity contribution is 7.87. The lowest BCUT2D eigenvalue weighted by Crippen LogP contribution is -2.26. The molecule has 45 heavy (non-hydrogen) atoms. The number of ether oxygens (including phenoxy) is 3. The van der Waals surface area contributed by atoms with Crippen LogP contribution in [0.4, 0.5) is 0 Å². The predicted molar refractivity (Wildman–Crippen MR) is 161 cm³/mol. The Bertz CT molecular complexity index is 1720. The van der Waals surface area contributed by atoms with E-state index in [0.29, 0.717) is 24.0 Å². The molecular weight excluding hydrogens is 616 g/mol. The quantitative estimate of drug-likeness (QED) is 0.287. The molecule has 2 aromatic rings. The second kappa shape index (κ2) is 10.5. The Kier molecular flexibility index (Phi) is 6.79. The third-order valence-electron chi connectivity index (χ3n) is 11.9. The smallest absolute Gasteiger partial charge is 0.339 e. The SMILES string of the molecule is O=S(=O)([O-])c1ccc(OS(=O)(=O)c2c(C3CC4CCC3O4)cc(C3CC4CCC3O4)cc2C2CC3CCC2O3)c2c1CCCC2. The zero-order valence-corrected chi connectivity index (χ0v) is 26.8. The normalized spacial score (nSPS) is 36.6. The van der Waals surface area contributed by atoms with Crippen LogP contribution in [0.15, 0.2) is 34.1 Å². The van der Waals surface area contributed by atoms with Crippen molar-refractivity contribution in [2.75, 3.05) is 0 Å². The van der Waals surface area contributed by atoms with Crippen molar-refractivity contribution in [1.29, 1.82) is 0 Å². The predicted octanol–water partition coefficient (Wildman–Crippen LogP) is 5.34. The fraction of sp³-hybridized carbons (Fsp3) is 0.647. The van der Waals surface area contributed by atoms with Crippen molar-refractivity contribution in [1.82, 2.24) is 0 Å². The van der Waals surface area contributed by atoms with Crippen molar-refractivity contribution >= 4 is 20.2 Å². The molecule has 6 fully saturated rings. The van der Waals surface area contributed by atoms with Crippen LogP contribution in [0.5, 0.6) is 5.75 Å². The van der Waals surface area contributed by atoms with Crippen molar-refractivity contribution in [3.63, 3.8) is 0 Å². The first-order valence-electron chi connectivity index (χ1n) is 16.8. The van der Waals surface area contributed by atoms with E-state index in [1.54, 1.807) is 0 Å². The number of benzene rings is 2. The van der Waals surface area contributed by atoms with E-state index in [0.717, 1.165) is 87.3 Å². The first-order chi connectivity index (χ1) is 21.6. The Morgan fingerprint density at radius 3 is 1.64 bits per heavy atom. The maximum atomic E-state index is 14.8. The second-order valence-corrected chi connectivity index (χ2v) is 17.2. The van der Waals surface area contributed by atoms with E-state index in [2.05, 4.69) is 12.1 Å². The van der Waals surface area contributed by atoms with Gasteiger partial charge >= 0.3 is 10.1 Å². The molecule has 0 aromatic heterocycles. The van der Waals surface area contributed by atoms with Gasteiger partial charge in [0.05, 0.1) is 41.5 Å². The number of fused-ring (bicyclic) bond motifs is 7. The molecule has 6 aliphatic heterocycles. The molecule has 9 nitrogen and oxygen atoms in total. The maximum absolute atomic E-state index is 14.8. The lowest BCUT2D eigenvalue weighted by molar-refractivity contribution is 0.0996. The summed E-state index contributed by atoms with van der Waals surface area (Å²) >= 11 is 0. The largest absolute Gasteiger partial charge is 0.744 e. The lowest BCUT2D eigenvalue weighted by Gasteiger charge is -2.30. The van der Waals surface area contributed by atoms with Gasteiger partial charge in [-0.25, -0.2) is 8.42 Å². The van der Waals surface area contributed by atoms with Crippen LogP contribution in [0.3, 0.4) is 0 Å². The van der Waals surface area contributed by atoms with Gasteiger partial charge in [-0.2, -0.15) is 8.42 Å². The maximum Gasteiger partial charge on any atom is 0.339 e. The molecular formula is C34H39O9S2-. The molecule has 0 amide bonds. The Morgan fingerprint density at radius 1 is 0.667 bits per heavy atom. The van der Waals surface area contributed by atoms with Crippen molar-refractivity contribution in [3.05, 3.63) is 52.1 Å². The third kappa shape index (κ3) is 4.82. The summed E-state index contributed by atoms with van der Waals surface area (Å²) in [7, 11) is -9.10. The molecule has 0 spiro atoms. The fourth-order valence-corrected chi connectivity index (χ4v) is 12.2. The van der Waals surface area contributed by atoms with Crippen molar-refractivity contribution < 1.29 is 39.8 Å². The Morgan fingerprint density at radius 2 is 1.18 bits per heavy atom. The van der Waals surface area contributed by atoms with E-state index in [9.17, 15) is 21.4 Å². The molecule has 1 aliphatic carbocycles. The summed E-state index contributed by atoms with van der Waals surface area (Å²) in [6, 6.07) is 6.82. The molecule has 6 bridgehead atoms. The summed E-state index contributed by atoms with van der Waals surface area (Å²) in [5, 5.41) is 0. The molecule has 9 rings (SSSR count). The van der Waals surface area contributed by atoms with Crippen LogP contribution in [0.1, 0.15) is 116 Å². The van der Waals surface area contributed by atoms with Crippen LogP contribution in [-0.2, 0) is 47.3 Å². The van der Waals surface area contributed by atoms with Crippen LogP contribution < -0.4 is 4.18 Å². The Balaban J connectivity index is 1.20. The van der Waals surface area contributed by atoms with Crippen molar-refractivity contribution in [3.8, 4) is 5.75 Å². The average Bonchev–Trinajstić information content (AvgIpc) is 3.88. The highest BCUT2D eigenvalue weighted by Gasteiger charge is 2.49. The number of rotatable bonds is 7. The molecule has 9 unspecified atom stereocenters. The molecule has 242 valence electrons. The zero-order valence-electron chi connectivity index (χ0n) is 25.2. The number of hydrogen-bond donors (Lipinski definition) is 0. The lowest BCUT2D eigenvalue weighted by atomic mass is 9.76. The van der Waals surface area contributed by atoms with Gasteiger partial charge in [0.25, 0.3) is 0 Å². The molecule has 7 aliphatic rings. The van der Waals surface area contributed by atoms with E-state index >= 15 is 0 Å². The fourth-order valence-electron chi connectivity index (χ4n) is 9.94. The summed E-state index contributed by atoms with van der Waals surface area (Å²) in [6.45, 7) is 0. The van der Waals surface area contributed by atoms with Gasteiger partial charge in [0.15, 0.2) is 0 Å². The Hall–Kier alpha value is -2.02. The minimum absolute atomic E-state index is 0.0334. The van der Waals surface area contributed by atoms with E-state index in [4.69, 9.17) is 18.4 Å². The van der Waals surface area contributed by atoms with Crippen molar-refractivity contribution in [2.45, 2.75) is 148 Å². The van der Waals surface area contributed by atoms with Crippen LogP contribution in [-0.4, -0.2) is 58.0 Å². The van der Waals surface area contributed by atoms with Gasteiger partial charge in [0.2, 0.25) is 0 Å². The monoisotopic (exact) mass is 655 g/mol. The third-order valence-corrected chi connectivity index (χ3v) is 14.2. The molecule has 6 heterocycles. The molecule has 11 heteroatoms. The van der Waals surface area contributed by atoms with Gasteiger partial charge in [-0.15, -0.1) is 0 Å². The highest BCUT2D eigenvalue weighted by Crippen LogP contribution is 2.53. The van der Waals surface area contributed by atoms with Gasteiger partial charge in [0, 0.05) is 23.3 Å². The van der Waals surface area contributed by atoms with E-state index in [-0.39, 0.29) is 69.9 Å². The van der Waals surface area contributed by atoms with Gasteiger partial charge in [-0.05, 0) is 118 Å². The van der Waals surface area contributed by atoms with Crippen molar-refractivity contribution in [2.24, 2.45) is 0 Å². The summed E-state index contributed by atoms with van der Waals surface area (Å²) in [5.74, 6) is 0.230. The van der Waals surface area contributed by atoms with Gasteiger partial charge in [-0.3, -0.25) is 0 Å². The first-order valence-corrected chi connectivity index (χ1v) is 19.6. The number of hydrogen-bond acceptors (Lipinski definition) is 9. The molecule has 0 saturated carbocycles. The average molecular weight is 656 g/mol. The Labute approximate surface area is 264 Å². The van der Waals surface area contributed by atoms with Gasteiger partial charge < -0.3 is 22.9 Å². The summed E-state index contributed by atoms with van der Waals surface area (Å²) in [6.07, 6.45) is 11.4. The standard InChI is InChI=1S/C34H40O9S2/c35-44(36,37)33-12-11-32(22-3-1-2-4-23(22)33)43-45(38,39)34-27(25-16-20-6-9-30(25)41-20)13-18(24-15-19-5-8-29(24)40-19)14-28(34)26-17-21-7-10-31(26)42-21/h11-14,19-21,24-26,29-31H,1-10,15-17H2,(H,35,36,37)/p-1. The molecule has 0 radical (unpaired) electrons. The zero-order chi connectivity index (χ0) is 30.7. The van der Waals surface area contributed by atoms with Gasteiger partial charge in [0.1, 0.15) is 20.8 Å². The second-order valence-electron chi connectivity index (χ2n) is 14.4. The van der Waals surface area contributed by atoms with Gasteiger partial charge in [-0.1, -0.05) is 12.1 Å². The molecule has 0 N–H and O–H groups in total. The van der Waals surface area contributed by atoms with Crippen LogP contribution in [0.2, 0.25) is 0 Å². The topological polar surface area (TPSA) is 128 Å². The minimum atomic E-state index is -4.71. The molecule has 6 saturated heterocycles.